The molecule has 0 amide bonds. The average Bonchev–Trinajstić information content (AvgIpc) is 2.38. The van der Waals surface area contributed by atoms with Crippen molar-refractivity contribution in [2.75, 3.05) is 18.1 Å². The Morgan fingerprint density at radius 2 is 2.00 bits per heavy atom. The summed E-state index contributed by atoms with van der Waals surface area (Å²) in [6.45, 7) is 6.06. The molecule has 2 N–H and O–H groups in total. The van der Waals surface area contributed by atoms with Gasteiger partial charge in [0.1, 0.15) is 5.69 Å². The van der Waals surface area contributed by atoms with Crippen LogP contribution in [0.25, 0.3) is 0 Å². The van der Waals surface area contributed by atoms with Gasteiger partial charge in [0, 0.05) is 25.3 Å². The van der Waals surface area contributed by atoms with Crippen LogP contribution in [0.4, 0.5) is 11.4 Å². The van der Waals surface area contributed by atoms with Gasteiger partial charge in [-0.05, 0) is 38.8 Å². The van der Waals surface area contributed by atoms with Crippen LogP contribution in [0.3, 0.4) is 0 Å². The largest absolute Gasteiger partial charge is 0.396 e. The number of benzene rings is 1. The fourth-order valence-electron chi connectivity index (χ4n) is 2.09. The third-order valence-corrected chi connectivity index (χ3v) is 3.17. The zero-order valence-corrected chi connectivity index (χ0v) is 12.1. The monoisotopic (exact) mass is 282 g/mol. The smallest absolute Gasteiger partial charge is 0.292 e. The fourth-order valence-corrected chi connectivity index (χ4v) is 2.09. The molecule has 0 unspecified atom stereocenters. The minimum absolute atomic E-state index is 0.0185. The molecule has 0 spiro atoms. The minimum Gasteiger partial charge on any atom is -0.396 e. The summed E-state index contributed by atoms with van der Waals surface area (Å²) in [5.41, 5.74) is 1.02. The van der Waals surface area contributed by atoms with Crippen molar-refractivity contribution >= 4 is 11.4 Å². The molecule has 112 valence electrons. The second kappa shape index (κ2) is 7.21. The number of nitro benzene ring substituents is 1. The van der Waals surface area contributed by atoms with Gasteiger partial charge >= 0.3 is 0 Å². The number of rotatable bonds is 7. The molecule has 0 aliphatic carbocycles. The first kappa shape index (κ1) is 16.4. The number of aliphatic hydroxyl groups is 2. The summed E-state index contributed by atoms with van der Waals surface area (Å²) in [5, 5.41) is 29.7. The first-order chi connectivity index (χ1) is 9.38. The molecule has 6 heteroatoms. The van der Waals surface area contributed by atoms with E-state index in [1.165, 1.54) is 6.07 Å². The van der Waals surface area contributed by atoms with E-state index < -0.39 is 11.0 Å². The molecule has 0 saturated heterocycles. The van der Waals surface area contributed by atoms with Crippen LogP contribution in [0.5, 0.6) is 0 Å². The van der Waals surface area contributed by atoms with Crippen LogP contribution >= 0.6 is 0 Å². The van der Waals surface area contributed by atoms with E-state index in [4.69, 9.17) is 5.11 Å². The van der Waals surface area contributed by atoms with E-state index in [0.29, 0.717) is 24.2 Å². The van der Waals surface area contributed by atoms with E-state index in [2.05, 4.69) is 0 Å². The van der Waals surface area contributed by atoms with Gasteiger partial charge in [-0.2, -0.15) is 0 Å². The summed E-state index contributed by atoms with van der Waals surface area (Å²) in [5.74, 6) is 0. The lowest BCUT2D eigenvalue weighted by molar-refractivity contribution is -0.384. The molecular formula is C14H22N2O4. The highest BCUT2D eigenvalue weighted by Gasteiger charge is 2.22. The Kier molecular flexibility index (Phi) is 5.91. The van der Waals surface area contributed by atoms with Crippen LogP contribution in [-0.2, 0) is 0 Å². The summed E-state index contributed by atoms with van der Waals surface area (Å²) in [6, 6.07) is 4.85. The molecule has 0 bridgehead atoms. The molecule has 0 radical (unpaired) electrons. The summed E-state index contributed by atoms with van der Waals surface area (Å²) >= 11 is 0. The zero-order chi connectivity index (χ0) is 15.3. The summed E-state index contributed by atoms with van der Waals surface area (Å²) in [6.07, 6.45) is -0.194. The van der Waals surface area contributed by atoms with Gasteiger partial charge in [-0.1, -0.05) is 6.07 Å². The second-order valence-electron chi connectivity index (χ2n) is 5.05. The third kappa shape index (κ3) is 3.91. The van der Waals surface area contributed by atoms with Crippen molar-refractivity contribution in [2.24, 2.45) is 0 Å². The Balaban J connectivity index is 3.22. The summed E-state index contributed by atoms with van der Waals surface area (Å²) in [7, 11) is 0. The molecule has 1 aromatic rings. The van der Waals surface area contributed by atoms with Crippen LogP contribution in [0.1, 0.15) is 38.9 Å². The number of hydrogen-bond acceptors (Lipinski definition) is 5. The van der Waals surface area contributed by atoms with Crippen molar-refractivity contribution in [3.63, 3.8) is 0 Å². The van der Waals surface area contributed by atoms with Gasteiger partial charge < -0.3 is 15.1 Å². The average molecular weight is 282 g/mol. The van der Waals surface area contributed by atoms with Crippen molar-refractivity contribution in [1.29, 1.82) is 0 Å². The van der Waals surface area contributed by atoms with Gasteiger partial charge in [0.05, 0.1) is 11.0 Å². The molecule has 0 aliphatic rings. The lowest BCUT2D eigenvalue weighted by Gasteiger charge is -2.28. The Morgan fingerprint density at radius 1 is 1.35 bits per heavy atom. The van der Waals surface area contributed by atoms with Crippen molar-refractivity contribution in [1.82, 2.24) is 0 Å². The Hall–Kier alpha value is -1.66. The predicted molar refractivity (Wildman–Crippen MR) is 77.9 cm³/mol. The number of anilines is 1. The molecule has 0 heterocycles. The highest BCUT2D eigenvalue weighted by atomic mass is 16.6. The number of aliphatic hydroxyl groups excluding tert-OH is 2. The topological polar surface area (TPSA) is 86.8 Å². The molecule has 6 nitrogen and oxygen atoms in total. The van der Waals surface area contributed by atoms with Crippen LogP contribution in [0.2, 0.25) is 0 Å². The van der Waals surface area contributed by atoms with Crippen molar-refractivity contribution in [3.05, 3.63) is 33.9 Å². The maximum atomic E-state index is 11.2. The van der Waals surface area contributed by atoms with Gasteiger partial charge in [-0.3, -0.25) is 10.1 Å². The predicted octanol–water partition coefficient (Wildman–Crippen LogP) is 2.25. The van der Waals surface area contributed by atoms with E-state index in [9.17, 15) is 15.2 Å². The number of nitro groups is 1. The van der Waals surface area contributed by atoms with E-state index in [-0.39, 0.29) is 18.3 Å². The van der Waals surface area contributed by atoms with Crippen molar-refractivity contribution < 1.29 is 15.1 Å². The van der Waals surface area contributed by atoms with E-state index in [1.807, 2.05) is 18.7 Å². The molecular weight excluding hydrogens is 260 g/mol. The van der Waals surface area contributed by atoms with Gasteiger partial charge in [0.25, 0.3) is 5.69 Å². The first-order valence-corrected chi connectivity index (χ1v) is 6.72. The van der Waals surface area contributed by atoms with Crippen LogP contribution in [-0.4, -0.2) is 34.3 Å². The van der Waals surface area contributed by atoms with Crippen molar-refractivity contribution in [2.45, 2.75) is 39.3 Å². The lowest BCUT2D eigenvalue weighted by Crippen LogP contribution is -2.32. The number of hydrogen-bond donors (Lipinski definition) is 2. The molecule has 0 saturated carbocycles. The summed E-state index contributed by atoms with van der Waals surface area (Å²) < 4.78 is 0. The van der Waals surface area contributed by atoms with Crippen molar-refractivity contribution in [3.8, 4) is 0 Å². The molecule has 1 atom stereocenters. The maximum absolute atomic E-state index is 11.2. The standard InChI is InChI=1S/C14H22N2O4/c1-10(2)15(7-4-8-17)13-6-5-12(11(3)18)9-14(13)16(19)20/h5-6,9-11,17-18H,4,7-8H2,1-3H3/t11-/m1/s1. The quantitative estimate of drug-likeness (QED) is 0.591. The highest BCUT2D eigenvalue weighted by Crippen LogP contribution is 2.32. The SMILES string of the molecule is CC(C)N(CCCO)c1ccc([C@@H](C)O)cc1[N+](=O)[O-]. The van der Waals surface area contributed by atoms with E-state index in [0.717, 1.165) is 0 Å². The van der Waals surface area contributed by atoms with Gasteiger partial charge in [0.15, 0.2) is 0 Å². The zero-order valence-electron chi connectivity index (χ0n) is 12.1. The molecule has 1 aromatic carbocycles. The minimum atomic E-state index is -0.743. The van der Waals surface area contributed by atoms with Crippen LogP contribution < -0.4 is 4.90 Å². The molecule has 0 aromatic heterocycles. The Bertz CT molecular complexity index is 460. The lowest BCUT2D eigenvalue weighted by atomic mass is 10.1. The van der Waals surface area contributed by atoms with E-state index >= 15 is 0 Å². The van der Waals surface area contributed by atoms with E-state index in [1.54, 1.807) is 19.1 Å². The maximum Gasteiger partial charge on any atom is 0.292 e. The first-order valence-electron chi connectivity index (χ1n) is 6.72. The number of nitrogens with zero attached hydrogens (tertiary/aromatic N) is 2. The molecule has 20 heavy (non-hydrogen) atoms. The summed E-state index contributed by atoms with van der Waals surface area (Å²) in [4.78, 5) is 12.7. The molecule has 0 aliphatic heterocycles. The van der Waals surface area contributed by atoms with Crippen LogP contribution in [0.15, 0.2) is 18.2 Å². The molecule has 1 rings (SSSR count). The Morgan fingerprint density at radius 3 is 2.45 bits per heavy atom. The van der Waals surface area contributed by atoms with Gasteiger partial charge in [-0.15, -0.1) is 0 Å². The van der Waals surface area contributed by atoms with Crippen LogP contribution in [0, 0.1) is 10.1 Å². The van der Waals surface area contributed by atoms with Gasteiger partial charge in [-0.25, -0.2) is 0 Å². The second-order valence-corrected chi connectivity index (χ2v) is 5.05. The third-order valence-electron chi connectivity index (χ3n) is 3.17. The Labute approximate surface area is 118 Å². The van der Waals surface area contributed by atoms with Gasteiger partial charge in [0.2, 0.25) is 0 Å². The normalized spacial score (nSPS) is 12.5. The molecule has 0 fully saturated rings. The fraction of sp³-hybridized carbons (Fsp3) is 0.571. The highest BCUT2D eigenvalue weighted by molar-refractivity contribution is 5.65.